The van der Waals surface area contributed by atoms with Crippen LogP contribution >= 0.6 is 11.8 Å². The van der Waals surface area contributed by atoms with Crippen molar-refractivity contribution in [2.24, 2.45) is 0 Å². The molecule has 0 aliphatic heterocycles. The SMILES string of the molecule is CCCc1cc(=O)[nH]c(SCC(=O)Nc2cc(C(=O)OC)cc(C(=O)OC)c2)n1. The first-order valence-corrected chi connectivity index (χ1v) is 9.69. The van der Waals surface area contributed by atoms with E-state index in [1.165, 1.54) is 38.5 Å². The molecule has 0 spiro atoms. The third-order valence-electron chi connectivity index (χ3n) is 3.68. The maximum atomic E-state index is 12.3. The summed E-state index contributed by atoms with van der Waals surface area (Å²) in [5.41, 5.74) is 0.806. The number of ether oxygens (including phenoxy) is 2. The van der Waals surface area contributed by atoms with E-state index in [0.29, 0.717) is 17.3 Å². The number of thioether (sulfide) groups is 1. The summed E-state index contributed by atoms with van der Waals surface area (Å²) in [5, 5.41) is 2.95. The van der Waals surface area contributed by atoms with E-state index in [1.54, 1.807) is 0 Å². The van der Waals surface area contributed by atoms with Crippen LogP contribution in [0.4, 0.5) is 5.69 Å². The van der Waals surface area contributed by atoms with Gasteiger partial charge in [0, 0.05) is 17.4 Å². The predicted molar refractivity (Wildman–Crippen MR) is 107 cm³/mol. The van der Waals surface area contributed by atoms with Crippen LogP contribution in [0.15, 0.2) is 34.2 Å². The Morgan fingerprint density at radius 3 is 2.24 bits per heavy atom. The molecule has 0 unspecified atom stereocenters. The molecule has 0 fully saturated rings. The smallest absolute Gasteiger partial charge is 0.337 e. The molecular weight excluding hydrogens is 398 g/mol. The van der Waals surface area contributed by atoms with Gasteiger partial charge < -0.3 is 19.8 Å². The molecule has 0 saturated carbocycles. The lowest BCUT2D eigenvalue weighted by molar-refractivity contribution is -0.113. The maximum Gasteiger partial charge on any atom is 0.337 e. The lowest BCUT2D eigenvalue weighted by Crippen LogP contribution is -2.17. The number of carbonyl (C=O) groups excluding carboxylic acids is 3. The molecule has 0 bridgehead atoms. The van der Waals surface area contributed by atoms with Crippen LogP contribution in [0.5, 0.6) is 0 Å². The van der Waals surface area contributed by atoms with Gasteiger partial charge in [-0.05, 0) is 24.6 Å². The minimum Gasteiger partial charge on any atom is -0.465 e. The molecule has 0 aliphatic rings. The average Bonchev–Trinajstić information content (AvgIpc) is 2.70. The summed E-state index contributed by atoms with van der Waals surface area (Å²) < 4.78 is 9.32. The lowest BCUT2D eigenvalue weighted by Gasteiger charge is -2.09. The van der Waals surface area contributed by atoms with E-state index in [-0.39, 0.29) is 28.1 Å². The van der Waals surface area contributed by atoms with Crippen molar-refractivity contribution in [1.82, 2.24) is 9.97 Å². The normalized spacial score (nSPS) is 10.3. The van der Waals surface area contributed by atoms with Crippen molar-refractivity contribution in [3.63, 3.8) is 0 Å². The number of H-pyrrole nitrogens is 1. The Morgan fingerprint density at radius 2 is 1.69 bits per heavy atom. The number of carbonyl (C=O) groups is 3. The third-order valence-corrected chi connectivity index (χ3v) is 4.55. The Hall–Kier alpha value is -3.14. The topological polar surface area (TPSA) is 127 Å². The minimum absolute atomic E-state index is 0.0332. The molecule has 2 rings (SSSR count). The van der Waals surface area contributed by atoms with Crippen LogP contribution < -0.4 is 10.9 Å². The highest BCUT2D eigenvalue weighted by atomic mass is 32.2. The highest BCUT2D eigenvalue weighted by Gasteiger charge is 2.15. The van der Waals surface area contributed by atoms with Gasteiger partial charge in [-0.3, -0.25) is 9.59 Å². The van der Waals surface area contributed by atoms with Crippen molar-refractivity contribution in [2.75, 3.05) is 25.3 Å². The van der Waals surface area contributed by atoms with Gasteiger partial charge in [-0.25, -0.2) is 14.6 Å². The van der Waals surface area contributed by atoms with Crippen LogP contribution in [0.3, 0.4) is 0 Å². The van der Waals surface area contributed by atoms with Gasteiger partial charge >= 0.3 is 11.9 Å². The van der Waals surface area contributed by atoms with E-state index in [4.69, 9.17) is 0 Å². The Kier molecular flexibility index (Phi) is 7.96. The Morgan fingerprint density at radius 1 is 1.07 bits per heavy atom. The van der Waals surface area contributed by atoms with Gasteiger partial charge in [0.1, 0.15) is 0 Å². The first kappa shape index (κ1) is 22.2. The molecule has 1 aromatic heterocycles. The molecule has 29 heavy (non-hydrogen) atoms. The molecule has 2 N–H and O–H groups in total. The molecule has 0 atom stereocenters. The zero-order valence-corrected chi connectivity index (χ0v) is 17.1. The molecule has 0 aliphatic carbocycles. The number of hydrogen-bond donors (Lipinski definition) is 2. The first-order chi connectivity index (χ1) is 13.9. The molecule has 2 aromatic rings. The fourth-order valence-corrected chi connectivity index (χ4v) is 3.13. The van der Waals surface area contributed by atoms with Gasteiger partial charge in [0.05, 0.1) is 31.1 Å². The maximum absolute atomic E-state index is 12.3. The van der Waals surface area contributed by atoms with Gasteiger partial charge in [0.25, 0.3) is 5.56 Å². The highest BCUT2D eigenvalue weighted by molar-refractivity contribution is 7.99. The van der Waals surface area contributed by atoms with E-state index in [2.05, 4.69) is 24.8 Å². The number of amides is 1. The summed E-state index contributed by atoms with van der Waals surface area (Å²) >= 11 is 1.07. The first-order valence-electron chi connectivity index (χ1n) is 8.70. The number of benzene rings is 1. The number of anilines is 1. The van der Waals surface area contributed by atoms with Crippen molar-refractivity contribution < 1.29 is 23.9 Å². The predicted octanol–water partition coefficient (Wildman–Crippen LogP) is 2.03. The minimum atomic E-state index is -0.657. The van der Waals surface area contributed by atoms with Crippen molar-refractivity contribution in [1.29, 1.82) is 0 Å². The average molecular weight is 419 g/mol. The number of esters is 2. The van der Waals surface area contributed by atoms with Crippen LogP contribution in [0.1, 0.15) is 39.8 Å². The number of hydrogen-bond acceptors (Lipinski definition) is 8. The van der Waals surface area contributed by atoms with Gasteiger partial charge in [-0.15, -0.1) is 0 Å². The zero-order valence-electron chi connectivity index (χ0n) is 16.2. The number of nitrogens with one attached hydrogen (secondary N) is 2. The van der Waals surface area contributed by atoms with E-state index in [1.807, 2.05) is 6.92 Å². The van der Waals surface area contributed by atoms with Crippen LogP contribution in [-0.2, 0) is 20.7 Å². The van der Waals surface area contributed by atoms with Crippen molar-refractivity contribution >= 4 is 35.3 Å². The molecule has 10 heteroatoms. The summed E-state index contributed by atoms with van der Waals surface area (Å²) in [6.07, 6.45) is 1.51. The van der Waals surface area contributed by atoms with Crippen molar-refractivity contribution in [2.45, 2.75) is 24.9 Å². The fraction of sp³-hybridized carbons (Fsp3) is 0.316. The van der Waals surface area contributed by atoms with E-state index in [9.17, 15) is 19.2 Å². The highest BCUT2D eigenvalue weighted by Crippen LogP contribution is 2.18. The Balaban J connectivity index is 2.13. The van der Waals surface area contributed by atoms with Crippen molar-refractivity contribution in [3.8, 4) is 0 Å². The Labute approximate surface area is 171 Å². The van der Waals surface area contributed by atoms with Crippen LogP contribution in [0, 0.1) is 0 Å². The van der Waals surface area contributed by atoms with Crippen LogP contribution in [0.25, 0.3) is 0 Å². The molecule has 154 valence electrons. The molecule has 1 aromatic carbocycles. The summed E-state index contributed by atoms with van der Waals surface area (Å²) in [6.45, 7) is 1.98. The van der Waals surface area contributed by atoms with E-state index in [0.717, 1.165) is 18.2 Å². The summed E-state index contributed by atoms with van der Waals surface area (Å²) in [5.74, 6) is -1.75. The monoisotopic (exact) mass is 419 g/mol. The quantitative estimate of drug-likeness (QED) is 0.378. The lowest BCUT2D eigenvalue weighted by atomic mass is 10.1. The number of methoxy groups -OCH3 is 2. The standard InChI is InChI=1S/C19H21N3O6S/c1-4-5-13-9-15(23)22-19(21-13)29-10-16(24)20-14-7-11(17(25)27-2)6-12(8-14)18(26)28-3/h6-9H,4-5,10H2,1-3H3,(H,20,24)(H,21,22,23). The molecule has 9 nitrogen and oxygen atoms in total. The number of aromatic nitrogens is 2. The van der Waals surface area contributed by atoms with Crippen LogP contribution in [-0.4, -0.2) is 47.8 Å². The largest absolute Gasteiger partial charge is 0.465 e. The fourth-order valence-electron chi connectivity index (χ4n) is 2.44. The summed E-state index contributed by atoms with van der Waals surface area (Å²) in [6, 6.07) is 5.53. The zero-order chi connectivity index (χ0) is 21.4. The molecular formula is C19H21N3O6S. The molecule has 1 heterocycles. The summed E-state index contributed by atoms with van der Waals surface area (Å²) in [7, 11) is 2.42. The van der Waals surface area contributed by atoms with E-state index >= 15 is 0 Å². The third kappa shape index (κ3) is 6.46. The molecule has 0 radical (unpaired) electrons. The summed E-state index contributed by atoms with van der Waals surface area (Å²) in [4.78, 5) is 54.5. The number of nitrogens with zero attached hydrogens (tertiary/aromatic N) is 1. The Bertz CT molecular complexity index is 938. The second-order valence-electron chi connectivity index (χ2n) is 5.91. The number of aryl methyl sites for hydroxylation is 1. The van der Waals surface area contributed by atoms with E-state index < -0.39 is 17.8 Å². The van der Waals surface area contributed by atoms with Gasteiger partial charge in [0.2, 0.25) is 5.91 Å². The van der Waals surface area contributed by atoms with Gasteiger partial charge in [-0.2, -0.15) is 0 Å². The van der Waals surface area contributed by atoms with Gasteiger partial charge in [0.15, 0.2) is 5.16 Å². The number of rotatable bonds is 8. The molecule has 1 amide bonds. The van der Waals surface area contributed by atoms with Crippen LogP contribution in [0.2, 0.25) is 0 Å². The van der Waals surface area contributed by atoms with Gasteiger partial charge in [-0.1, -0.05) is 25.1 Å². The number of aromatic amines is 1. The van der Waals surface area contributed by atoms with Crippen molar-refractivity contribution in [3.05, 3.63) is 51.4 Å². The second kappa shape index (κ2) is 10.4. The molecule has 0 saturated heterocycles. The second-order valence-corrected chi connectivity index (χ2v) is 6.87.